The Hall–Kier alpha value is -2.29. The average Bonchev–Trinajstić information content (AvgIpc) is 2.62. The largest absolute Gasteiger partial charge is 0.417 e. The minimum Gasteiger partial charge on any atom is -0.370 e. The van der Waals surface area contributed by atoms with Crippen LogP contribution < -0.4 is 9.62 Å². The van der Waals surface area contributed by atoms with Crippen LogP contribution in [-0.4, -0.2) is 26.5 Å². The number of piperidine rings is 1. The highest BCUT2D eigenvalue weighted by molar-refractivity contribution is 7.92. The van der Waals surface area contributed by atoms with E-state index in [0.717, 1.165) is 49.8 Å². The van der Waals surface area contributed by atoms with E-state index in [1.54, 1.807) is 6.07 Å². The van der Waals surface area contributed by atoms with Gasteiger partial charge in [-0.25, -0.2) is 13.4 Å². The zero-order valence-electron chi connectivity index (χ0n) is 13.8. The average molecular weight is 385 g/mol. The molecule has 1 saturated heterocycles. The van der Waals surface area contributed by atoms with Gasteiger partial charge in [-0.1, -0.05) is 12.1 Å². The van der Waals surface area contributed by atoms with E-state index in [2.05, 4.69) is 14.6 Å². The van der Waals surface area contributed by atoms with Crippen molar-refractivity contribution in [1.82, 2.24) is 4.98 Å². The quantitative estimate of drug-likeness (QED) is 0.867. The van der Waals surface area contributed by atoms with E-state index in [1.165, 1.54) is 24.8 Å². The van der Waals surface area contributed by atoms with Crippen LogP contribution in [0.3, 0.4) is 0 Å². The lowest BCUT2D eigenvalue weighted by molar-refractivity contribution is -0.139. The summed E-state index contributed by atoms with van der Waals surface area (Å²) < 4.78 is 66.1. The molecule has 5 nitrogen and oxygen atoms in total. The molecule has 2 aromatic rings. The number of anilines is 2. The molecule has 1 N–H and O–H groups in total. The number of rotatable bonds is 4. The Morgan fingerprint density at radius 3 is 2.31 bits per heavy atom. The zero-order valence-corrected chi connectivity index (χ0v) is 14.6. The van der Waals surface area contributed by atoms with Crippen LogP contribution in [0.15, 0.2) is 47.5 Å². The highest BCUT2D eigenvalue weighted by atomic mass is 32.2. The van der Waals surface area contributed by atoms with Gasteiger partial charge in [-0.3, -0.25) is 4.72 Å². The maximum Gasteiger partial charge on any atom is 0.417 e. The molecular formula is C17H18F3N3O2S. The Balaban J connectivity index is 1.82. The summed E-state index contributed by atoms with van der Waals surface area (Å²) in [4.78, 5) is 5.37. The molecule has 0 unspecified atom stereocenters. The molecule has 26 heavy (non-hydrogen) atoms. The van der Waals surface area contributed by atoms with Crippen molar-refractivity contribution in [2.24, 2.45) is 0 Å². The van der Waals surface area contributed by atoms with Crippen LogP contribution in [0.1, 0.15) is 24.8 Å². The molecule has 2 heterocycles. The lowest BCUT2D eigenvalue weighted by atomic mass is 10.1. The highest BCUT2D eigenvalue weighted by Gasteiger charge is 2.37. The van der Waals surface area contributed by atoms with Crippen LogP contribution in [0, 0.1) is 0 Å². The number of benzene rings is 1. The fourth-order valence-corrected chi connectivity index (χ4v) is 4.15. The smallest absolute Gasteiger partial charge is 0.370 e. The number of sulfonamides is 1. The fraction of sp³-hybridized carbons (Fsp3) is 0.353. The van der Waals surface area contributed by atoms with Crippen molar-refractivity contribution < 1.29 is 21.6 Å². The molecule has 0 aliphatic carbocycles. The van der Waals surface area contributed by atoms with Crippen molar-refractivity contribution >= 4 is 21.5 Å². The summed E-state index contributed by atoms with van der Waals surface area (Å²) in [5.41, 5.74) is -0.347. The summed E-state index contributed by atoms with van der Waals surface area (Å²) >= 11 is 0. The molecular weight excluding hydrogens is 367 g/mol. The molecule has 1 aromatic heterocycles. The van der Waals surface area contributed by atoms with E-state index in [4.69, 9.17) is 0 Å². The predicted molar refractivity (Wildman–Crippen MR) is 92.6 cm³/mol. The standard InChI is InChI=1S/C17H18F3N3O2S/c18-17(19,20)14-6-2-3-7-15(14)26(24,25)22-16-9-8-13(12-21-16)23-10-4-1-5-11-23/h2-3,6-9,12H,1,4-5,10-11H2,(H,21,22). The first kappa shape index (κ1) is 18.5. The van der Waals surface area contributed by atoms with Gasteiger partial charge in [-0.15, -0.1) is 0 Å². The van der Waals surface area contributed by atoms with E-state index in [1.807, 2.05) is 0 Å². The molecule has 0 atom stereocenters. The van der Waals surface area contributed by atoms with Crippen molar-refractivity contribution in [2.75, 3.05) is 22.7 Å². The lowest BCUT2D eigenvalue weighted by Gasteiger charge is -2.28. The molecule has 1 aliphatic rings. The normalized spacial score (nSPS) is 15.7. The number of nitrogens with zero attached hydrogens (tertiary/aromatic N) is 2. The Labute approximate surface area is 149 Å². The van der Waals surface area contributed by atoms with Gasteiger partial charge in [0.25, 0.3) is 10.0 Å². The van der Waals surface area contributed by atoms with Gasteiger partial charge in [0.15, 0.2) is 0 Å². The predicted octanol–water partition coefficient (Wildman–Crippen LogP) is 3.89. The van der Waals surface area contributed by atoms with Crippen LogP contribution >= 0.6 is 0 Å². The summed E-state index contributed by atoms with van der Waals surface area (Å²) in [7, 11) is -4.41. The van der Waals surface area contributed by atoms with Crippen molar-refractivity contribution in [3.8, 4) is 0 Å². The highest BCUT2D eigenvalue weighted by Crippen LogP contribution is 2.34. The molecule has 0 bridgehead atoms. The van der Waals surface area contributed by atoms with Crippen molar-refractivity contribution in [1.29, 1.82) is 0 Å². The van der Waals surface area contributed by atoms with Gasteiger partial charge in [0, 0.05) is 13.1 Å². The Bertz CT molecular complexity index is 862. The second kappa shape index (κ2) is 7.14. The molecule has 0 amide bonds. The van der Waals surface area contributed by atoms with Gasteiger partial charge < -0.3 is 4.90 Å². The number of nitrogens with one attached hydrogen (secondary N) is 1. The van der Waals surface area contributed by atoms with Gasteiger partial charge in [-0.05, 0) is 43.5 Å². The van der Waals surface area contributed by atoms with Crippen LogP contribution in [0.25, 0.3) is 0 Å². The molecule has 1 aliphatic heterocycles. The van der Waals surface area contributed by atoms with E-state index in [-0.39, 0.29) is 5.82 Å². The van der Waals surface area contributed by atoms with E-state index in [9.17, 15) is 21.6 Å². The second-order valence-electron chi connectivity index (χ2n) is 6.05. The molecule has 1 aromatic carbocycles. The number of hydrogen-bond acceptors (Lipinski definition) is 4. The zero-order chi connectivity index (χ0) is 18.8. The molecule has 0 spiro atoms. The molecule has 140 valence electrons. The van der Waals surface area contributed by atoms with Gasteiger partial charge in [-0.2, -0.15) is 13.2 Å². The number of alkyl halides is 3. The van der Waals surface area contributed by atoms with Crippen molar-refractivity contribution in [2.45, 2.75) is 30.3 Å². The number of pyridine rings is 1. The third-order valence-corrected chi connectivity index (χ3v) is 5.60. The van der Waals surface area contributed by atoms with Gasteiger partial charge in [0.05, 0.1) is 22.3 Å². The summed E-state index contributed by atoms with van der Waals surface area (Å²) in [5, 5.41) is 0. The summed E-state index contributed by atoms with van der Waals surface area (Å²) in [6, 6.07) is 7.22. The van der Waals surface area contributed by atoms with E-state index in [0.29, 0.717) is 0 Å². The Morgan fingerprint density at radius 1 is 1.00 bits per heavy atom. The van der Waals surface area contributed by atoms with Gasteiger partial charge in [0.2, 0.25) is 0 Å². The minimum absolute atomic E-state index is 0.0252. The minimum atomic E-state index is -4.77. The van der Waals surface area contributed by atoms with Crippen molar-refractivity contribution in [3.05, 3.63) is 48.2 Å². The summed E-state index contributed by atoms with van der Waals surface area (Å²) in [6.07, 6.45) is 0.112. The van der Waals surface area contributed by atoms with E-state index < -0.39 is 26.7 Å². The second-order valence-corrected chi connectivity index (χ2v) is 7.70. The van der Waals surface area contributed by atoms with Gasteiger partial charge >= 0.3 is 6.18 Å². The lowest BCUT2D eigenvalue weighted by Crippen LogP contribution is -2.29. The molecule has 3 rings (SSSR count). The number of aromatic nitrogens is 1. The third kappa shape index (κ3) is 4.09. The first-order valence-corrected chi connectivity index (χ1v) is 9.66. The van der Waals surface area contributed by atoms with Crippen LogP contribution in [0.5, 0.6) is 0 Å². The maximum absolute atomic E-state index is 13.1. The Morgan fingerprint density at radius 2 is 1.69 bits per heavy atom. The molecule has 9 heteroatoms. The SMILES string of the molecule is O=S(=O)(Nc1ccc(N2CCCCC2)cn1)c1ccccc1C(F)(F)F. The summed E-state index contributed by atoms with van der Waals surface area (Å²) in [6.45, 7) is 1.82. The number of halogens is 3. The summed E-state index contributed by atoms with van der Waals surface area (Å²) in [5.74, 6) is -0.0252. The first-order chi connectivity index (χ1) is 12.3. The molecule has 0 radical (unpaired) electrons. The topological polar surface area (TPSA) is 62.3 Å². The first-order valence-electron chi connectivity index (χ1n) is 8.17. The number of hydrogen-bond donors (Lipinski definition) is 1. The van der Waals surface area contributed by atoms with Crippen molar-refractivity contribution in [3.63, 3.8) is 0 Å². The van der Waals surface area contributed by atoms with E-state index >= 15 is 0 Å². The van der Waals surface area contributed by atoms with Crippen LogP contribution in [-0.2, 0) is 16.2 Å². The van der Waals surface area contributed by atoms with Gasteiger partial charge in [0.1, 0.15) is 5.82 Å². The Kier molecular flexibility index (Phi) is 5.08. The van der Waals surface area contributed by atoms with Crippen LogP contribution in [0.2, 0.25) is 0 Å². The third-order valence-electron chi connectivity index (χ3n) is 4.19. The fourth-order valence-electron chi connectivity index (χ4n) is 2.91. The maximum atomic E-state index is 13.1. The monoisotopic (exact) mass is 385 g/mol. The van der Waals surface area contributed by atoms with Crippen LogP contribution in [0.4, 0.5) is 24.7 Å². The molecule has 1 fully saturated rings. The molecule has 0 saturated carbocycles.